The SMILES string of the molecule is CC(=O)O[C@H]1CC[C@]2(C)C3CC[C@H]4C(CC[C@@H]4C4(C)OCCO4)C3CC[C@H]2C1. The lowest BCUT2D eigenvalue weighted by molar-refractivity contribution is -0.199. The van der Waals surface area contributed by atoms with Crippen LogP contribution in [0.2, 0.25) is 0 Å². The van der Waals surface area contributed by atoms with Crippen LogP contribution in [0.5, 0.6) is 0 Å². The molecule has 0 radical (unpaired) electrons. The van der Waals surface area contributed by atoms with Crippen molar-refractivity contribution < 1.29 is 19.0 Å². The molecule has 1 aliphatic heterocycles. The predicted octanol–water partition coefficient (Wildman–Crippen LogP) is 4.95. The lowest BCUT2D eigenvalue weighted by Crippen LogP contribution is -2.53. The molecule has 28 heavy (non-hydrogen) atoms. The van der Waals surface area contributed by atoms with E-state index in [2.05, 4.69) is 13.8 Å². The lowest BCUT2D eigenvalue weighted by atomic mass is 9.47. The van der Waals surface area contributed by atoms with E-state index in [0.717, 1.165) is 55.6 Å². The van der Waals surface area contributed by atoms with Gasteiger partial charge in [0.05, 0.1) is 13.2 Å². The number of hydrogen-bond acceptors (Lipinski definition) is 4. The van der Waals surface area contributed by atoms with Gasteiger partial charge in [0, 0.05) is 12.8 Å². The van der Waals surface area contributed by atoms with Crippen molar-refractivity contribution in [1.29, 1.82) is 0 Å². The first-order valence-corrected chi connectivity index (χ1v) is 11.9. The zero-order valence-electron chi connectivity index (χ0n) is 18.0. The molecule has 1 saturated heterocycles. The first-order valence-electron chi connectivity index (χ1n) is 11.9. The number of fused-ring (bicyclic) bond motifs is 5. The Kier molecular flexibility index (Phi) is 4.82. The average molecular weight is 391 g/mol. The average Bonchev–Trinajstić information content (AvgIpc) is 3.28. The van der Waals surface area contributed by atoms with Crippen molar-refractivity contribution >= 4 is 5.97 Å². The summed E-state index contributed by atoms with van der Waals surface area (Å²) in [5, 5.41) is 0. The number of esters is 1. The molecule has 0 spiro atoms. The molecule has 0 aromatic heterocycles. The third kappa shape index (κ3) is 2.96. The third-order valence-electron chi connectivity index (χ3n) is 9.80. The van der Waals surface area contributed by atoms with E-state index in [-0.39, 0.29) is 17.9 Å². The second-order valence-electron chi connectivity index (χ2n) is 10.9. The molecule has 8 atom stereocenters. The van der Waals surface area contributed by atoms with Crippen LogP contribution in [0.3, 0.4) is 0 Å². The van der Waals surface area contributed by atoms with Crippen LogP contribution in [0.4, 0.5) is 0 Å². The zero-order chi connectivity index (χ0) is 19.5. The summed E-state index contributed by atoms with van der Waals surface area (Å²) in [6.45, 7) is 7.86. The van der Waals surface area contributed by atoms with Crippen LogP contribution in [0.15, 0.2) is 0 Å². The Morgan fingerprint density at radius 3 is 2.25 bits per heavy atom. The Hall–Kier alpha value is -0.610. The van der Waals surface area contributed by atoms with E-state index in [4.69, 9.17) is 14.2 Å². The van der Waals surface area contributed by atoms with E-state index < -0.39 is 0 Å². The van der Waals surface area contributed by atoms with Gasteiger partial charge in [-0.1, -0.05) is 6.92 Å². The van der Waals surface area contributed by atoms with Gasteiger partial charge in [-0.2, -0.15) is 0 Å². The first-order chi connectivity index (χ1) is 13.4. The molecule has 4 saturated carbocycles. The molecule has 0 aromatic carbocycles. The topological polar surface area (TPSA) is 44.8 Å². The van der Waals surface area contributed by atoms with E-state index in [1.807, 2.05) is 0 Å². The smallest absolute Gasteiger partial charge is 0.302 e. The quantitative estimate of drug-likeness (QED) is 0.626. The molecule has 0 aromatic rings. The van der Waals surface area contributed by atoms with Crippen LogP contribution >= 0.6 is 0 Å². The summed E-state index contributed by atoms with van der Waals surface area (Å²) in [4.78, 5) is 11.4. The molecule has 1 heterocycles. The van der Waals surface area contributed by atoms with E-state index in [1.54, 1.807) is 6.92 Å². The summed E-state index contributed by atoms with van der Waals surface area (Å²) in [7, 11) is 0. The third-order valence-corrected chi connectivity index (χ3v) is 9.80. The highest BCUT2D eigenvalue weighted by molar-refractivity contribution is 5.66. The predicted molar refractivity (Wildman–Crippen MR) is 106 cm³/mol. The van der Waals surface area contributed by atoms with Crippen molar-refractivity contribution in [1.82, 2.24) is 0 Å². The van der Waals surface area contributed by atoms with Crippen LogP contribution in [0, 0.1) is 40.9 Å². The minimum Gasteiger partial charge on any atom is -0.463 e. The maximum absolute atomic E-state index is 11.4. The van der Waals surface area contributed by atoms with Crippen molar-refractivity contribution in [3.63, 3.8) is 0 Å². The van der Waals surface area contributed by atoms with Crippen LogP contribution < -0.4 is 0 Å². The Morgan fingerprint density at radius 2 is 1.50 bits per heavy atom. The van der Waals surface area contributed by atoms with Crippen LogP contribution in [0.25, 0.3) is 0 Å². The van der Waals surface area contributed by atoms with Gasteiger partial charge in [-0.15, -0.1) is 0 Å². The lowest BCUT2D eigenvalue weighted by Gasteiger charge is -2.59. The molecule has 3 unspecified atom stereocenters. The molecule has 158 valence electrons. The summed E-state index contributed by atoms with van der Waals surface area (Å²) in [6, 6.07) is 0. The Morgan fingerprint density at radius 1 is 0.857 bits per heavy atom. The maximum Gasteiger partial charge on any atom is 0.302 e. The van der Waals surface area contributed by atoms with E-state index in [1.165, 1.54) is 44.9 Å². The van der Waals surface area contributed by atoms with E-state index >= 15 is 0 Å². The molecule has 4 heteroatoms. The molecule has 4 aliphatic carbocycles. The highest BCUT2D eigenvalue weighted by atomic mass is 16.7. The fourth-order valence-corrected chi connectivity index (χ4v) is 8.61. The minimum absolute atomic E-state index is 0.107. The van der Waals surface area contributed by atoms with Crippen LogP contribution in [-0.2, 0) is 19.0 Å². The van der Waals surface area contributed by atoms with E-state index in [9.17, 15) is 4.79 Å². The monoisotopic (exact) mass is 390 g/mol. The van der Waals surface area contributed by atoms with Gasteiger partial charge in [0.15, 0.2) is 5.79 Å². The van der Waals surface area contributed by atoms with Gasteiger partial charge in [-0.3, -0.25) is 4.79 Å². The van der Waals surface area contributed by atoms with Gasteiger partial charge in [0.1, 0.15) is 6.10 Å². The standard InChI is InChI=1S/C24H38O4/c1-15(25)28-17-10-11-23(2)16(14-17)4-5-19-18-6-9-22(20(18)7-8-21(19)23)24(3)26-12-13-27-24/h16-22H,4-14H2,1-3H3/t16-,17-,18?,19?,20-,21?,22-,23-/m0/s1. The number of carbonyl (C=O) groups is 1. The molecule has 0 N–H and O–H groups in total. The first kappa shape index (κ1) is 19.4. The molecule has 0 bridgehead atoms. The van der Waals surface area contributed by atoms with Gasteiger partial charge < -0.3 is 14.2 Å². The number of rotatable bonds is 2. The van der Waals surface area contributed by atoms with Crippen molar-refractivity contribution in [2.45, 2.75) is 90.4 Å². The van der Waals surface area contributed by atoms with Crippen molar-refractivity contribution in [3.05, 3.63) is 0 Å². The van der Waals surface area contributed by atoms with Gasteiger partial charge in [-0.05, 0) is 99.7 Å². The van der Waals surface area contributed by atoms with Gasteiger partial charge in [0.2, 0.25) is 0 Å². The molecular formula is C24H38O4. The molecule has 5 rings (SSSR count). The summed E-state index contributed by atoms with van der Waals surface area (Å²) in [5.41, 5.74) is 0.451. The Bertz CT molecular complexity index is 612. The second-order valence-corrected chi connectivity index (χ2v) is 10.9. The molecule has 4 nitrogen and oxygen atoms in total. The normalized spacial score (nSPS) is 49.8. The largest absolute Gasteiger partial charge is 0.463 e. The van der Waals surface area contributed by atoms with Crippen molar-refractivity contribution in [3.8, 4) is 0 Å². The van der Waals surface area contributed by atoms with Crippen molar-refractivity contribution in [2.75, 3.05) is 13.2 Å². The van der Waals surface area contributed by atoms with Gasteiger partial charge >= 0.3 is 5.97 Å². The zero-order valence-corrected chi connectivity index (χ0v) is 18.0. The van der Waals surface area contributed by atoms with Crippen molar-refractivity contribution in [2.24, 2.45) is 40.9 Å². The maximum atomic E-state index is 11.4. The summed E-state index contributed by atoms with van der Waals surface area (Å²) < 4.78 is 17.8. The second kappa shape index (κ2) is 6.97. The highest BCUT2D eigenvalue weighted by Crippen LogP contribution is 2.65. The van der Waals surface area contributed by atoms with Gasteiger partial charge in [0.25, 0.3) is 0 Å². The fourth-order valence-electron chi connectivity index (χ4n) is 8.61. The van der Waals surface area contributed by atoms with Crippen LogP contribution in [0.1, 0.15) is 78.6 Å². The highest BCUT2D eigenvalue weighted by Gasteiger charge is 2.59. The fraction of sp³-hybridized carbons (Fsp3) is 0.958. The number of carbonyl (C=O) groups excluding carboxylic acids is 1. The molecule has 5 aliphatic rings. The number of hydrogen-bond donors (Lipinski definition) is 0. The minimum atomic E-state index is -0.324. The summed E-state index contributed by atoms with van der Waals surface area (Å²) >= 11 is 0. The Balaban J connectivity index is 1.31. The molecule has 5 fully saturated rings. The van der Waals surface area contributed by atoms with Crippen LogP contribution in [-0.4, -0.2) is 31.1 Å². The summed E-state index contributed by atoms with van der Waals surface area (Å²) in [5.74, 6) is 4.31. The summed E-state index contributed by atoms with van der Waals surface area (Å²) in [6.07, 6.45) is 11.6. The van der Waals surface area contributed by atoms with E-state index in [0.29, 0.717) is 11.3 Å². The molecular weight excluding hydrogens is 352 g/mol. The van der Waals surface area contributed by atoms with Gasteiger partial charge in [-0.25, -0.2) is 0 Å². The number of ether oxygens (including phenoxy) is 3. The molecule has 0 amide bonds. The Labute approximate surface area is 170 Å².